The van der Waals surface area contributed by atoms with E-state index in [0.29, 0.717) is 5.69 Å². The Kier molecular flexibility index (Phi) is 6.44. The minimum atomic E-state index is -4.07. The number of benzene rings is 2. The summed E-state index contributed by atoms with van der Waals surface area (Å²) in [6.45, 7) is 2.14. The van der Waals surface area contributed by atoms with Crippen LogP contribution in [-0.4, -0.2) is 43.9 Å². The highest BCUT2D eigenvalue weighted by molar-refractivity contribution is 7.89. The van der Waals surface area contributed by atoms with Crippen LogP contribution in [0.3, 0.4) is 0 Å². The van der Waals surface area contributed by atoms with Gasteiger partial charge in [0.05, 0.1) is 20.0 Å². The average Bonchev–Trinajstić information content (AvgIpc) is 3.42. The molecule has 1 saturated heterocycles. The molecule has 2 aromatic carbocycles. The Labute approximate surface area is 193 Å². The molecule has 1 amide bonds. The van der Waals surface area contributed by atoms with Gasteiger partial charge in [0.25, 0.3) is 5.69 Å². The predicted octanol–water partition coefficient (Wildman–Crippen LogP) is 2.89. The fraction of sp³-hybridized carbons (Fsp3) is 0.300. The zero-order valence-corrected chi connectivity index (χ0v) is 19.1. The molecule has 0 unspecified atom stereocenters. The van der Waals surface area contributed by atoms with Gasteiger partial charge in [0.1, 0.15) is 5.69 Å². The number of sulfonamides is 1. The van der Waals surface area contributed by atoms with E-state index in [-0.39, 0.29) is 29.5 Å². The van der Waals surface area contributed by atoms with Gasteiger partial charge in [-0.25, -0.2) is 18.5 Å². The molecule has 1 fully saturated rings. The molecule has 1 aromatic heterocycles. The van der Waals surface area contributed by atoms with Crippen molar-refractivity contribution < 1.29 is 18.1 Å². The second-order valence-corrected chi connectivity index (χ2v) is 10.1. The Morgan fingerprint density at radius 3 is 2.67 bits per heavy atom. The monoisotopic (exact) mass is 490 g/mol. The number of primary sulfonamides is 1. The molecule has 0 bridgehead atoms. The van der Waals surface area contributed by atoms with Gasteiger partial charge in [-0.05, 0) is 43.2 Å². The molecule has 1 aliphatic rings. The number of thiazole rings is 1. The Bertz CT molecular complexity index is 1320. The van der Waals surface area contributed by atoms with Gasteiger partial charge in [0.15, 0.2) is 5.13 Å². The number of hydrogen-bond donors (Lipinski definition) is 3. The maximum atomic E-state index is 12.4. The third-order valence-electron chi connectivity index (χ3n) is 5.20. The first-order valence-corrected chi connectivity index (χ1v) is 12.6. The molecule has 3 aromatic rings. The van der Waals surface area contributed by atoms with Crippen molar-refractivity contribution in [2.75, 3.05) is 35.2 Å². The fourth-order valence-electron chi connectivity index (χ4n) is 3.56. The van der Waals surface area contributed by atoms with Crippen LogP contribution in [-0.2, 0) is 14.8 Å². The number of nitrogens with two attached hydrogens (primary N) is 1. The van der Waals surface area contributed by atoms with E-state index >= 15 is 0 Å². The molecular weight excluding hydrogens is 468 g/mol. The quantitative estimate of drug-likeness (QED) is 0.321. The lowest BCUT2D eigenvalue weighted by Crippen LogP contribution is -2.17. The second-order valence-electron chi connectivity index (χ2n) is 7.58. The number of carbonyl (C=O) groups excluding carboxylic acids is 1. The summed E-state index contributed by atoms with van der Waals surface area (Å²) in [7, 11) is -4.07. The molecule has 0 atom stereocenters. The first kappa shape index (κ1) is 22.9. The van der Waals surface area contributed by atoms with Crippen molar-refractivity contribution in [3.05, 3.63) is 46.5 Å². The van der Waals surface area contributed by atoms with Gasteiger partial charge in [-0.2, -0.15) is 0 Å². The Balaban J connectivity index is 1.36. The number of amides is 1. The molecule has 0 saturated carbocycles. The Morgan fingerprint density at radius 1 is 1.21 bits per heavy atom. The van der Waals surface area contributed by atoms with E-state index in [4.69, 9.17) is 5.14 Å². The Morgan fingerprint density at radius 2 is 1.97 bits per heavy atom. The van der Waals surface area contributed by atoms with E-state index in [1.165, 1.54) is 25.0 Å². The van der Waals surface area contributed by atoms with Crippen molar-refractivity contribution in [3.8, 4) is 0 Å². The highest BCUT2D eigenvalue weighted by atomic mass is 32.2. The lowest BCUT2D eigenvalue weighted by molar-refractivity contribution is -0.384. The van der Waals surface area contributed by atoms with Crippen molar-refractivity contribution in [3.63, 3.8) is 0 Å². The standard InChI is InChI=1S/C20H22N6O5S2/c21-33(30,31)14-4-6-15(17(12-14)26(28)29)22-8-7-19(27)23-13-3-5-16-18(11-13)32-20(24-16)25-9-1-2-10-25/h3-6,11-12,22H,1-2,7-10H2,(H,23,27)(H2,21,30,31). The summed E-state index contributed by atoms with van der Waals surface area (Å²) in [5, 5.41) is 22.9. The van der Waals surface area contributed by atoms with Crippen molar-refractivity contribution in [1.82, 2.24) is 4.98 Å². The molecule has 1 aliphatic heterocycles. The molecule has 174 valence electrons. The van der Waals surface area contributed by atoms with Crippen LogP contribution in [0.2, 0.25) is 0 Å². The zero-order valence-electron chi connectivity index (χ0n) is 17.5. The minimum Gasteiger partial charge on any atom is -0.379 e. The fourth-order valence-corrected chi connectivity index (χ4v) is 5.15. The van der Waals surface area contributed by atoms with Crippen LogP contribution in [0.1, 0.15) is 19.3 Å². The minimum absolute atomic E-state index is 0.0495. The van der Waals surface area contributed by atoms with Crippen LogP contribution < -0.4 is 20.7 Å². The number of carbonyl (C=O) groups is 1. The largest absolute Gasteiger partial charge is 0.379 e. The van der Waals surface area contributed by atoms with Gasteiger partial charge in [0, 0.05) is 37.8 Å². The number of nitro groups is 1. The number of nitrogens with one attached hydrogen (secondary N) is 2. The number of fused-ring (bicyclic) bond motifs is 1. The zero-order chi connectivity index (χ0) is 23.6. The van der Waals surface area contributed by atoms with E-state index in [1.54, 1.807) is 17.4 Å². The Hall–Kier alpha value is -3.29. The van der Waals surface area contributed by atoms with Crippen LogP contribution in [0.4, 0.5) is 22.2 Å². The lowest BCUT2D eigenvalue weighted by Gasteiger charge is -2.11. The molecule has 33 heavy (non-hydrogen) atoms. The summed E-state index contributed by atoms with van der Waals surface area (Å²) in [6, 6.07) is 8.86. The van der Waals surface area contributed by atoms with Gasteiger partial charge in [-0.1, -0.05) is 11.3 Å². The van der Waals surface area contributed by atoms with E-state index in [1.807, 2.05) is 12.1 Å². The lowest BCUT2D eigenvalue weighted by atomic mass is 10.2. The van der Waals surface area contributed by atoms with E-state index in [0.717, 1.165) is 34.5 Å². The molecule has 2 heterocycles. The van der Waals surface area contributed by atoms with Crippen LogP contribution in [0.5, 0.6) is 0 Å². The van der Waals surface area contributed by atoms with Crippen molar-refractivity contribution in [2.45, 2.75) is 24.2 Å². The number of hydrogen-bond acceptors (Lipinski definition) is 9. The SMILES string of the molecule is NS(=O)(=O)c1ccc(NCCC(=O)Nc2ccc3nc(N4CCCC4)sc3c2)c([N+](=O)[O-])c1. The normalized spacial score (nSPS) is 13.9. The summed E-state index contributed by atoms with van der Waals surface area (Å²) in [5.41, 5.74) is 1.19. The van der Waals surface area contributed by atoms with Crippen LogP contribution in [0.15, 0.2) is 41.3 Å². The summed E-state index contributed by atoms with van der Waals surface area (Å²) in [4.78, 5) is 29.5. The van der Waals surface area contributed by atoms with Crippen molar-refractivity contribution in [1.29, 1.82) is 0 Å². The first-order valence-electron chi connectivity index (χ1n) is 10.2. The summed E-state index contributed by atoms with van der Waals surface area (Å²) >= 11 is 1.59. The summed E-state index contributed by atoms with van der Waals surface area (Å²) in [5.74, 6) is -0.269. The van der Waals surface area contributed by atoms with E-state index in [2.05, 4.69) is 20.5 Å². The van der Waals surface area contributed by atoms with E-state index < -0.39 is 20.6 Å². The van der Waals surface area contributed by atoms with Gasteiger partial charge in [0.2, 0.25) is 15.9 Å². The topological polar surface area (TPSA) is 161 Å². The molecule has 0 aliphatic carbocycles. The maximum Gasteiger partial charge on any atom is 0.293 e. The van der Waals surface area contributed by atoms with Gasteiger partial charge < -0.3 is 15.5 Å². The molecule has 13 heteroatoms. The van der Waals surface area contributed by atoms with Crippen molar-refractivity contribution >= 4 is 59.7 Å². The summed E-state index contributed by atoms with van der Waals surface area (Å²) < 4.78 is 23.8. The van der Waals surface area contributed by atoms with Crippen LogP contribution in [0, 0.1) is 10.1 Å². The second kappa shape index (κ2) is 9.29. The van der Waals surface area contributed by atoms with Gasteiger partial charge >= 0.3 is 0 Å². The predicted molar refractivity (Wildman–Crippen MR) is 127 cm³/mol. The number of rotatable bonds is 8. The molecule has 4 N–H and O–H groups in total. The molecule has 0 radical (unpaired) electrons. The molecule has 11 nitrogen and oxygen atoms in total. The summed E-state index contributed by atoms with van der Waals surface area (Å²) in [6.07, 6.45) is 2.39. The van der Waals surface area contributed by atoms with E-state index in [9.17, 15) is 23.3 Å². The smallest absolute Gasteiger partial charge is 0.293 e. The highest BCUT2D eigenvalue weighted by Gasteiger charge is 2.19. The van der Waals surface area contributed by atoms with Gasteiger partial charge in [-0.3, -0.25) is 14.9 Å². The third-order valence-corrected chi connectivity index (χ3v) is 7.19. The first-order chi connectivity index (χ1) is 15.7. The maximum absolute atomic E-state index is 12.4. The number of anilines is 3. The number of nitro benzene ring substituents is 1. The highest BCUT2D eigenvalue weighted by Crippen LogP contribution is 2.32. The average molecular weight is 491 g/mol. The molecule has 4 rings (SSSR count). The van der Waals surface area contributed by atoms with Crippen LogP contribution >= 0.6 is 11.3 Å². The van der Waals surface area contributed by atoms with Crippen molar-refractivity contribution in [2.24, 2.45) is 5.14 Å². The molecular formula is C20H22N6O5S2. The number of nitrogens with zero attached hydrogens (tertiary/aromatic N) is 3. The third kappa shape index (κ3) is 5.38. The molecule has 0 spiro atoms. The van der Waals surface area contributed by atoms with Crippen LogP contribution in [0.25, 0.3) is 10.2 Å². The number of aromatic nitrogens is 1. The van der Waals surface area contributed by atoms with Gasteiger partial charge in [-0.15, -0.1) is 0 Å².